The smallest absolute Gasteiger partial charge is 0.269 e. The van der Waals surface area contributed by atoms with Crippen molar-refractivity contribution in [1.82, 2.24) is 15.1 Å². The first kappa shape index (κ1) is 16.0. The molecule has 118 valence electrons. The van der Waals surface area contributed by atoms with Crippen molar-refractivity contribution < 1.29 is 9.90 Å². The van der Waals surface area contributed by atoms with E-state index in [-0.39, 0.29) is 24.5 Å². The summed E-state index contributed by atoms with van der Waals surface area (Å²) in [7, 11) is 0. The summed E-state index contributed by atoms with van der Waals surface area (Å²) in [4.78, 5) is 12.5. The molecule has 2 rings (SSSR count). The fourth-order valence-electron chi connectivity index (χ4n) is 3.00. The zero-order valence-corrected chi connectivity index (χ0v) is 13.3. The van der Waals surface area contributed by atoms with Crippen LogP contribution in [-0.4, -0.2) is 33.4 Å². The van der Waals surface area contributed by atoms with E-state index in [0.29, 0.717) is 18.2 Å². The molecule has 1 heterocycles. The largest absolute Gasteiger partial charge is 0.396 e. The Bertz CT molecular complexity index is 482. The topological polar surface area (TPSA) is 67.2 Å². The highest BCUT2D eigenvalue weighted by Gasteiger charge is 2.27. The summed E-state index contributed by atoms with van der Waals surface area (Å²) in [6, 6.07) is 1.97. The van der Waals surface area contributed by atoms with E-state index in [9.17, 15) is 9.90 Å². The van der Waals surface area contributed by atoms with E-state index in [1.165, 1.54) is 0 Å². The molecule has 1 amide bonds. The SMILES string of the molecule is CCn1nc(C(C)C)cc1C(=O)NC1CCCCC1CO. The van der Waals surface area contributed by atoms with E-state index < -0.39 is 0 Å². The maximum atomic E-state index is 12.5. The Hall–Kier alpha value is -1.36. The Morgan fingerprint density at radius 2 is 2.19 bits per heavy atom. The highest BCUT2D eigenvalue weighted by molar-refractivity contribution is 5.93. The van der Waals surface area contributed by atoms with E-state index in [0.717, 1.165) is 31.4 Å². The Morgan fingerprint density at radius 3 is 2.81 bits per heavy atom. The first-order valence-corrected chi connectivity index (χ1v) is 8.06. The predicted molar refractivity (Wildman–Crippen MR) is 82.3 cm³/mol. The van der Waals surface area contributed by atoms with Gasteiger partial charge in [-0.15, -0.1) is 0 Å². The second-order valence-electron chi connectivity index (χ2n) is 6.23. The van der Waals surface area contributed by atoms with Crippen molar-refractivity contribution in [2.45, 2.75) is 65.0 Å². The van der Waals surface area contributed by atoms with Crippen LogP contribution in [0.2, 0.25) is 0 Å². The first-order valence-electron chi connectivity index (χ1n) is 8.06. The van der Waals surface area contributed by atoms with Gasteiger partial charge in [0.05, 0.1) is 5.69 Å². The minimum atomic E-state index is -0.0680. The fraction of sp³-hybridized carbons (Fsp3) is 0.750. The van der Waals surface area contributed by atoms with Gasteiger partial charge in [0.15, 0.2) is 0 Å². The van der Waals surface area contributed by atoms with Crippen LogP contribution in [-0.2, 0) is 6.54 Å². The molecule has 2 unspecified atom stereocenters. The minimum Gasteiger partial charge on any atom is -0.396 e. The number of rotatable bonds is 5. The van der Waals surface area contributed by atoms with Crippen LogP contribution in [0.5, 0.6) is 0 Å². The van der Waals surface area contributed by atoms with Crippen LogP contribution in [0, 0.1) is 5.92 Å². The van der Waals surface area contributed by atoms with Gasteiger partial charge < -0.3 is 10.4 Å². The number of aromatic nitrogens is 2. The molecular formula is C16H27N3O2. The molecule has 0 bridgehead atoms. The van der Waals surface area contributed by atoms with Crippen LogP contribution >= 0.6 is 0 Å². The quantitative estimate of drug-likeness (QED) is 0.875. The van der Waals surface area contributed by atoms with E-state index in [4.69, 9.17) is 0 Å². The molecule has 5 heteroatoms. The number of aryl methyl sites for hydroxylation is 1. The highest BCUT2D eigenvalue weighted by atomic mass is 16.3. The zero-order valence-electron chi connectivity index (χ0n) is 13.3. The second kappa shape index (κ2) is 7.07. The minimum absolute atomic E-state index is 0.0680. The van der Waals surface area contributed by atoms with Crippen LogP contribution < -0.4 is 5.32 Å². The monoisotopic (exact) mass is 293 g/mol. The number of hydrogen-bond acceptors (Lipinski definition) is 3. The number of aliphatic hydroxyl groups is 1. The predicted octanol–water partition coefficient (Wildman–Crippen LogP) is 2.31. The van der Waals surface area contributed by atoms with Crippen LogP contribution in [0.15, 0.2) is 6.07 Å². The fourth-order valence-corrected chi connectivity index (χ4v) is 3.00. The first-order chi connectivity index (χ1) is 10.1. The molecule has 0 aromatic carbocycles. The molecule has 2 atom stereocenters. The second-order valence-corrected chi connectivity index (χ2v) is 6.23. The van der Waals surface area contributed by atoms with Crippen LogP contribution in [0.25, 0.3) is 0 Å². The molecule has 5 nitrogen and oxygen atoms in total. The maximum absolute atomic E-state index is 12.5. The molecular weight excluding hydrogens is 266 g/mol. The number of carbonyl (C=O) groups excluding carboxylic acids is 1. The standard InChI is InChI=1S/C16H27N3O2/c1-4-19-15(9-14(18-19)11(2)3)16(21)17-13-8-6-5-7-12(13)10-20/h9,11-13,20H,4-8,10H2,1-3H3,(H,17,21). The summed E-state index contributed by atoms with van der Waals surface area (Å²) in [6.07, 6.45) is 4.20. The summed E-state index contributed by atoms with van der Waals surface area (Å²) in [5.74, 6) is 0.427. The van der Waals surface area contributed by atoms with Crippen molar-refractivity contribution in [3.8, 4) is 0 Å². The molecule has 1 fully saturated rings. The highest BCUT2D eigenvalue weighted by Crippen LogP contribution is 2.24. The summed E-state index contributed by atoms with van der Waals surface area (Å²) < 4.78 is 1.77. The lowest BCUT2D eigenvalue weighted by molar-refractivity contribution is 0.0862. The lowest BCUT2D eigenvalue weighted by atomic mass is 9.85. The number of nitrogens with one attached hydrogen (secondary N) is 1. The summed E-state index contributed by atoms with van der Waals surface area (Å²) in [6.45, 7) is 6.98. The van der Waals surface area contributed by atoms with Gasteiger partial charge in [0, 0.05) is 25.1 Å². The Morgan fingerprint density at radius 1 is 1.48 bits per heavy atom. The van der Waals surface area contributed by atoms with Gasteiger partial charge in [-0.2, -0.15) is 5.10 Å². The van der Waals surface area contributed by atoms with Crippen molar-refractivity contribution in [3.05, 3.63) is 17.5 Å². The summed E-state index contributed by atoms with van der Waals surface area (Å²) in [5.41, 5.74) is 1.58. The lowest BCUT2D eigenvalue weighted by Crippen LogP contribution is -2.44. The normalized spacial score (nSPS) is 22.5. The van der Waals surface area contributed by atoms with Crippen molar-refractivity contribution in [2.75, 3.05) is 6.61 Å². The van der Waals surface area contributed by atoms with Gasteiger partial charge in [0.2, 0.25) is 0 Å². The van der Waals surface area contributed by atoms with Crippen LogP contribution in [0.3, 0.4) is 0 Å². The van der Waals surface area contributed by atoms with Crippen molar-refractivity contribution in [3.63, 3.8) is 0 Å². The Labute approximate surface area is 126 Å². The average molecular weight is 293 g/mol. The molecule has 1 saturated carbocycles. The number of carbonyl (C=O) groups is 1. The van der Waals surface area contributed by atoms with Gasteiger partial charge in [0.25, 0.3) is 5.91 Å². The number of amides is 1. The van der Waals surface area contributed by atoms with Crippen LogP contribution in [0.1, 0.15) is 68.6 Å². The molecule has 0 aliphatic heterocycles. The van der Waals surface area contributed by atoms with Gasteiger partial charge in [-0.05, 0) is 31.7 Å². The van der Waals surface area contributed by atoms with Gasteiger partial charge >= 0.3 is 0 Å². The third kappa shape index (κ3) is 3.64. The van der Waals surface area contributed by atoms with Gasteiger partial charge in [0.1, 0.15) is 5.69 Å². The summed E-state index contributed by atoms with van der Waals surface area (Å²) >= 11 is 0. The van der Waals surface area contributed by atoms with E-state index in [1.54, 1.807) is 4.68 Å². The number of hydrogen-bond donors (Lipinski definition) is 2. The van der Waals surface area contributed by atoms with Crippen molar-refractivity contribution in [2.24, 2.45) is 5.92 Å². The van der Waals surface area contributed by atoms with E-state index >= 15 is 0 Å². The Balaban J connectivity index is 2.12. The molecule has 1 aromatic heterocycles. The number of aliphatic hydroxyl groups excluding tert-OH is 1. The number of nitrogens with zero attached hydrogens (tertiary/aromatic N) is 2. The molecule has 1 aliphatic rings. The summed E-state index contributed by atoms with van der Waals surface area (Å²) in [5, 5.41) is 17.0. The average Bonchev–Trinajstić information content (AvgIpc) is 2.92. The zero-order chi connectivity index (χ0) is 15.4. The van der Waals surface area contributed by atoms with E-state index in [2.05, 4.69) is 24.3 Å². The van der Waals surface area contributed by atoms with Gasteiger partial charge in [-0.1, -0.05) is 26.7 Å². The molecule has 1 aromatic rings. The maximum Gasteiger partial charge on any atom is 0.269 e. The lowest BCUT2D eigenvalue weighted by Gasteiger charge is -2.30. The van der Waals surface area contributed by atoms with Gasteiger partial charge in [-0.3, -0.25) is 9.48 Å². The van der Waals surface area contributed by atoms with Gasteiger partial charge in [-0.25, -0.2) is 0 Å². The third-order valence-electron chi connectivity index (χ3n) is 4.38. The molecule has 0 saturated heterocycles. The molecule has 2 N–H and O–H groups in total. The van der Waals surface area contributed by atoms with Crippen molar-refractivity contribution in [1.29, 1.82) is 0 Å². The Kier molecular flexibility index (Phi) is 5.39. The molecule has 1 aliphatic carbocycles. The molecule has 21 heavy (non-hydrogen) atoms. The van der Waals surface area contributed by atoms with Crippen molar-refractivity contribution >= 4 is 5.91 Å². The third-order valence-corrected chi connectivity index (χ3v) is 4.38. The van der Waals surface area contributed by atoms with E-state index in [1.807, 2.05) is 13.0 Å². The molecule has 0 radical (unpaired) electrons. The van der Waals surface area contributed by atoms with Crippen LogP contribution in [0.4, 0.5) is 0 Å². The molecule has 0 spiro atoms.